The predicted molar refractivity (Wildman–Crippen MR) is 80.8 cm³/mol. The van der Waals surface area contributed by atoms with Gasteiger partial charge in [-0.25, -0.2) is 14.3 Å². The second kappa shape index (κ2) is 6.13. The first-order valence-corrected chi connectivity index (χ1v) is 7.15. The Hall–Kier alpha value is -2.44. The minimum Gasteiger partial charge on any atom is -0.480 e. The van der Waals surface area contributed by atoms with Crippen molar-refractivity contribution in [3.63, 3.8) is 0 Å². The number of hydrogen-bond acceptors (Lipinski definition) is 4. The molecule has 2 heterocycles. The lowest BCUT2D eigenvalue weighted by Crippen LogP contribution is -2.42. The molecule has 0 saturated heterocycles. The van der Waals surface area contributed by atoms with E-state index >= 15 is 0 Å². The second-order valence-corrected chi connectivity index (χ2v) is 5.81. The van der Waals surface area contributed by atoms with Crippen LogP contribution in [0.5, 0.6) is 0 Å². The SMILES string of the molecule is Cc1cc2ncc(C(=O)N[C@@H](CC(C)C)C(=O)O)c(C)n2n1. The van der Waals surface area contributed by atoms with E-state index < -0.39 is 17.9 Å². The Kier molecular flexibility index (Phi) is 4.44. The van der Waals surface area contributed by atoms with Gasteiger partial charge in [-0.15, -0.1) is 0 Å². The third-order valence-electron chi connectivity index (χ3n) is 3.40. The van der Waals surface area contributed by atoms with Crippen LogP contribution in [-0.4, -0.2) is 37.6 Å². The number of nitrogens with zero attached hydrogens (tertiary/aromatic N) is 3. The Balaban J connectivity index is 2.28. The molecule has 1 atom stereocenters. The van der Waals surface area contributed by atoms with E-state index in [-0.39, 0.29) is 5.92 Å². The first-order chi connectivity index (χ1) is 10.3. The Morgan fingerprint density at radius 1 is 1.36 bits per heavy atom. The molecule has 118 valence electrons. The minimum absolute atomic E-state index is 0.164. The number of carboxylic acid groups (broad SMARTS) is 1. The van der Waals surface area contributed by atoms with Crippen LogP contribution in [0.25, 0.3) is 5.65 Å². The number of hydrogen-bond donors (Lipinski definition) is 2. The molecule has 2 aromatic heterocycles. The highest BCUT2D eigenvalue weighted by molar-refractivity contribution is 5.97. The van der Waals surface area contributed by atoms with Crippen LogP contribution in [0.4, 0.5) is 0 Å². The van der Waals surface area contributed by atoms with Crippen molar-refractivity contribution in [2.45, 2.75) is 40.2 Å². The number of nitrogens with one attached hydrogen (secondary N) is 1. The van der Waals surface area contributed by atoms with Crippen LogP contribution in [0, 0.1) is 19.8 Å². The van der Waals surface area contributed by atoms with E-state index in [0.717, 1.165) is 5.69 Å². The molecule has 0 radical (unpaired) electrons. The fraction of sp³-hybridized carbons (Fsp3) is 0.467. The van der Waals surface area contributed by atoms with Crippen LogP contribution in [0.15, 0.2) is 12.3 Å². The van der Waals surface area contributed by atoms with Crippen molar-refractivity contribution in [3.05, 3.63) is 29.2 Å². The summed E-state index contributed by atoms with van der Waals surface area (Å²) >= 11 is 0. The summed E-state index contributed by atoms with van der Waals surface area (Å²) < 4.78 is 1.59. The maximum absolute atomic E-state index is 12.4. The number of rotatable bonds is 5. The van der Waals surface area contributed by atoms with E-state index in [1.165, 1.54) is 6.20 Å². The van der Waals surface area contributed by atoms with Crippen LogP contribution >= 0.6 is 0 Å². The summed E-state index contributed by atoms with van der Waals surface area (Å²) in [7, 11) is 0. The highest BCUT2D eigenvalue weighted by atomic mass is 16.4. The lowest BCUT2D eigenvalue weighted by molar-refractivity contribution is -0.139. The maximum atomic E-state index is 12.4. The van der Waals surface area contributed by atoms with Gasteiger partial charge in [-0.3, -0.25) is 4.79 Å². The van der Waals surface area contributed by atoms with Crippen molar-refractivity contribution in [2.24, 2.45) is 5.92 Å². The van der Waals surface area contributed by atoms with E-state index in [1.807, 2.05) is 26.8 Å². The third kappa shape index (κ3) is 3.24. The van der Waals surface area contributed by atoms with Gasteiger partial charge in [0.1, 0.15) is 6.04 Å². The van der Waals surface area contributed by atoms with Gasteiger partial charge in [0, 0.05) is 12.3 Å². The lowest BCUT2D eigenvalue weighted by atomic mass is 10.0. The number of amides is 1. The average Bonchev–Trinajstić information content (AvgIpc) is 2.79. The first kappa shape index (κ1) is 15.9. The summed E-state index contributed by atoms with van der Waals surface area (Å²) in [6.07, 6.45) is 1.83. The average molecular weight is 304 g/mol. The first-order valence-electron chi connectivity index (χ1n) is 7.15. The number of fused-ring (bicyclic) bond motifs is 1. The minimum atomic E-state index is -1.04. The molecule has 1 amide bonds. The number of aryl methyl sites for hydroxylation is 2. The summed E-state index contributed by atoms with van der Waals surface area (Å²) in [5.74, 6) is -1.33. The summed E-state index contributed by atoms with van der Waals surface area (Å²) in [5.41, 5.74) is 2.41. The van der Waals surface area contributed by atoms with E-state index in [9.17, 15) is 14.7 Å². The van der Waals surface area contributed by atoms with Gasteiger partial charge in [0.25, 0.3) is 5.91 Å². The fourth-order valence-electron chi connectivity index (χ4n) is 2.31. The number of carboxylic acids is 1. The Labute approximate surface area is 128 Å². The Morgan fingerprint density at radius 3 is 2.64 bits per heavy atom. The Morgan fingerprint density at radius 2 is 2.05 bits per heavy atom. The standard InChI is InChI=1S/C15H20N4O3/c1-8(2)5-12(15(21)22)17-14(20)11-7-16-13-6-9(3)18-19(13)10(11)4/h6-8,12H,5H2,1-4H3,(H,17,20)(H,21,22)/t12-/m0/s1. The maximum Gasteiger partial charge on any atom is 0.326 e. The summed E-state index contributed by atoms with van der Waals surface area (Å²) in [6, 6.07) is 0.898. The van der Waals surface area contributed by atoms with Gasteiger partial charge in [-0.1, -0.05) is 13.8 Å². The highest BCUT2D eigenvalue weighted by Crippen LogP contribution is 2.12. The third-order valence-corrected chi connectivity index (χ3v) is 3.40. The van der Waals surface area contributed by atoms with Gasteiger partial charge < -0.3 is 10.4 Å². The van der Waals surface area contributed by atoms with Crippen LogP contribution in [0.3, 0.4) is 0 Å². The van der Waals surface area contributed by atoms with Crippen molar-refractivity contribution in [2.75, 3.05) is 0 Å². The molecule has 0 aliphatic carbocycles. The van der Waals surface area contributed by atoms with E-state index in [2.05, 4.69) is 15.4 Å². The molecule has 22 heavy (non-hydrogen) atoms. The second-order valence-electron chi connectivity index (χ2n) is 5.81. The van der Waals surface area contributed by atoms with Crippen LogP contribution in [0.1, 0.15) is 42.0 Å². The zero-order valence-electron chi connectivity index (χ0n) is 13.1. The summed E-state index contributed by atoms with van der Waals surface area (Å²) in [4.78, 5) is 27.8. The lowest BCUT2D eigenvalue weighted by Gasteiger charge is -2.17. The van der Waals surface area contributed by atoms with Gasteiger partial charge in [-0.05, 0) is 26.2 Å². The molecule has 0 fully saturated rings. The number of carbonyl (C=O) groups excluding carboxylic acids is 1. The largest absolute Gasteiger partial charge is 0.480 e. The molecule has 0 unspecified atom stereocenters. The zero-order valence-corrected chi connectivity index (χ0v) is 13.1. The van der Waals surface area contributed by atoms with Crippen LogP contribution in [0.2, 0.25) is 0 Å². The van der Waals surface area contributed by atoms with Crippen LogP contribution in [-0.2, 0) is 4.79 Å². The number of aliphatic carboxylic acids is 1. The number of carbonyl (C=O) groups is 2. The summed E-state index contributed by atoms with van der Waals surface area (Å²) in [6.45, 7) is 7.42. The molecule has 7 nitrogen and oxygen atoms in total. The Bertz CT molecular complexity index is 721. The molecule has 2 N–H and O–H groups in total. The molecule has 0 saturated carbocycles. The van der Waals surface area contributed by atoms with Crippen molar-refractivity contribution < 1.29 is 14.7 Å². The molecule has 7 heteroatoms. The molecular weight excluding hydrogens is 284 g/mol. The molecule has 0 aromatic carbocycles. The molecule has 0 bridgehead atoms. The smallest absolute Gasteiger partial charge is 0.326 e. The quantitative estimate of drug-likeness (QED) is 0.874. The zero-order chi connectivity index (χ0) is 16.4. The molecule has 0 spiro atoms. The topological polar surface area (TPSA) is 96.6 Å². The van der Waals surface area contributed by atoms with E-state index in [1.54, 1.807) is 11.4 Å². The van der Waals surface area contributed by atoms with Crippen molar-refractivity contribution in [1.82, 2.24) is 19.9 Å². The molecule has 0 aliphatic heterocycles. The van der Waals surface area contributed by atoms with Gasteiger partial charge in [0.05, 0.1) is 17.0 Å². The van der Waals surface area contributed by atoms with Crippen molar-refractivity contribution in [1.29, 1.82) is 0 Å². The molecule has 2 rings (SSSR count). The van der Waals surface area contributed by atoms with Crippen LogP contribution < -0.4 is 5.32 Å². The van der Waals surface area contributed by atoms with E-state index in [4.69, 9.17) is 0 Å². The summed E-state index contributed by atoms with van der Waals surface area (Å²) in [5, 5.41) is 16.0. The van der Waals surface area contributed by atoms with Crippen molar-refractivity contribution >= 4 is 17.5 Å². The fourth-order valence-corrected chi connectivity index (χ4v) is 2.31. The predicted octanol–water partition coefficient (Wildman–Crippen LogP) is 1.58. The van der Waals surface area contributed by atoms with Gasteiger partial charge in [0.15, 0.2) is 5.65 Å². The van der Waals surface area contributed by atoms with Gasteiger partial charge in [-0.2, -0.15) is 5.10 Å². The number of aromatic nitrogens is 3. The molecule has 2 aromatic rings. The molecule has 0 aliphatic rings. The molecular formula is C15H20N4O3. The van der Waals surface area contributed by atoms with Crippen molar-refractivity contribution in [3.8, 4) is 0 Å². The van der Waals surface area contributed by atoms with Gasteiger partial charge in [0.2, 0.25) is 0 Å². The monoisotopic (exact) mass is 304 g/mol. The van der Waals surface area contributed by atoms with E-state index in [0.29, 0.717) is 23.3 Å². The normalized spacial score (nSPS) is 12.6. The van der Waals surface area contributed by atoms with Gasteiger partial charge >= 0.3 is 5.97 Å². The highest BCUT2D eigenvalue weighted by Gasteiger charge is 2.23.